The summed E-state index contributed by atoms with van der Waals surface area (Å²) in [6.45, 7) is 6.37. The van der Waals surface area contributed by atoms with E-state index in [1.807, 2.05) is 0 Å². The number of hydrogen-bond donors (Lipinski definition) is 2. The van der Waals surface area contributed by atoms with Crippen molar-refractivity contribution in [2.45, 2.75) is 44.8 Å². The van der Waals surface area contributed by atoms with Gasteiger partial charge in [-0.05, 0) is 42.8 Å². The maximum absolute atomic E-state index is 15.2. The number of fused-ring (bicyclic) bond motifs is 1. The summed E-state index contributed by atoms with van der Waals surface area (Å²) >= 11 is 3.20. The first-order valence-electron chi connectivity index (χ1n) is 10.3. The van der Waals surface area contributed by atoms with Crippen LogP contribution in [-0.2, 0) is 5.92 Å². The number of nitrogens with zero attached hydrogens (tertiary/aromatic N) is 3. The van der Waals surface area contributed by atoms with Crippen LogP contribution >= 0.6 is 15.9 Å². The molecule has 0 unspecified atom stereocenters. The standard InChI is InChI=1S/C23H23BrF4N4O2/c1-12(8-9-25)32-10-15-19(17(24)21(32)33)29-11-30-20(15)31-13(2)14-6-5-7-16(18(14)26)23(27,28)22(3,4)34/h5-7,10-11,13,34H,1,8-9H2,2-4H3,(H,29,30,31)/t13-/m0/s1. The summed E-state index contributed by atoms with van der Waals surface area (Å²) < 4.78 is 58.6. The summed E-state index contributed by atoms with van der Waals surface area (Å²) in [6.07, 6.45) is 2.51. The Balaban J connectivity index is 2.08. The van der Waals surface area contributed by atoms with E-state index in [-0.39, 0.29) is 33.5 Å². The molecule has 0 saturated heterocycles. The van der Waals surface area contributed by atoms with Crippen molar-refractivity contribution in [2.75, 3.05) is 12.0 Å². The van der Waals surface area contributed by atoms with Crippen molar-refractivity contribution in [3.05, 3.63) is 69.1 Å². The molecule has 0 bridgehead atoms. The van der Waals surface area contributed by atoms with Crippen LogP contribution in [0.3, 0.4) is 0 Å². The molecule has 0 aliphatic heterocycles. The molecule has 1 atom stereocenters. The van der Waals surface area contributed by atoms with E-state index in [0.29, 0.717) is 5.39 Å². The number of pyridine rings is 1. The lowest BCUT2D eigenvalue weighted by Gasteiger charge is -2.30. The first-order valence-corrected chi connectivity index (χ1v) is 11.1. The summed E-state index contributed by atoms with van der Waals surface area (Å²) in [5.41, 5.74) is -3.52. The monoisotopic (exact) mass is 542 g/mol. The number of aliphatic hydroxyl groups is 1. The van der Waals surface area contributed by atoms with Crippen molar-refractivity contribution in [3.8, 4) is 0 Å². The van der Waals surface area contributed by atoms with Crippen LogP contribution in [0.15, 0.2) is 46.6 Å². The largest absolute Gasteiger partial charge is 0.384 e. The quantitative estimate of drug-likeness (QED) is 0.364. The van der Waals surface area contributed by atoms with Crippen molar-refractivity contribution in [1.82, 2.24) is 14.5 Å². The molecule has 0 aliphatic rings. The number of alkyl halides is 3. The molecule has 182 valence electrons. The van der Waals surface area contributed by atoms with Gasteiger partial charge in [-0.1, -0.05) is 18.7 Å². The summed E-state index contributed by atoms with van der Waals surface area (Å²) in [5.74, 6) is -4.81. The number of allylic oxidation sites excluding steroid dienone is 1. The van der Waals surface area contributed by atoms with Crippen LogP contribution in [0.5, 0.6) is 0 Å². The molecule has 0 saturated carbocycles. The van der Waals surface area contributed by atoms with Gasteiger partial charge in [0.05, 0.1) is 29.2 Å². The Hall–Kier alpha value is -2.79. The van der Waals surface area contributed by atoms with Crippen LogP contribution in [0.1, 0.15) is 44.4 Å². The van der Waals surface area contributed by atoms with E-state index in [1.165, 1.54) is 24.7 Å². The molecule has 0 spiro atoms. The number of nitrogens with one attached hydrogen (secondary N) is 1. The van der Waals surface area contributed by atoms with Gasteiger partial charge in [0.15, 0.2) is 0 Å². The average Bonchev–Trinajstić information content (AvgIpc) is 2.75. The maximum Gasteiger partial charge on any atom is 0.303 e. The van der Waals surface area contributed by atoms with E-state index in [4.69, 9.17) is 0 Å². The molecule has 2 aromatic heterocycles. The van der Waals surface area contributed by atoms with Gasteiger partial charge in [-0.3, -0.25) is 13.8 Å². The number of aromatic nitrogens is 3. The zero-order valence-corrected chi connectivity index (χ0v) is 20.3. The smallest absolute Gasteiger partial charge is 0.303 e. The molecule has 3 aromatic rings. The molecule has 0 radical (unpaired) electrons. The van der Waals surface area contributed by atoms with Gasteiger partial charge in [-0.2, -0.15) is 8.78 Å². The highest BCUT2D eigenvalue weighted by atomic mass is 79.9. The molecule has 11 heteroatoms. The van der Waals surface area contributed by atoms with Gasteiger partial charge in [0.1, 0.15) is 28.0 Å². The van der Waals surface area contributed by atoms with Gasteiger partial charge >= 0.3 is 5.92 Å². The van der Waals surface area contributed by atoms with Gasteiger partial charge in [0, 0.05) is 23.9 Å². The zero-order valence-electron chi connectivity index (χ0n) is 18.7. The minimum atomic E-state index is -3.84. The molecule has 6 nitrogen and oxygen atoms in total. The van der Waals surface area contributed by atoms with Crippen LogP contribution in [0, 0.1) is 5.82 Å². The molecule has 0 aliphatic carbocycles. The van der Waals surface area contributed by atoms with E-state index in [9.17, 15) is 23.1 Å². The lowest BCUT2D eigenvalue weighted by atomic mass is 9.91. The first-order chi connectivity index (χ1) is 15.8. The van der Waals surface area contributed by atoms with E-state index >= 15 is 4.39 Å². The minimum absolute atomic E-state index is 0.0713. The number of anilines is 1. The predicted octanol–water partition coefficient (Wildman–Crippen LogP) is 5.56. The summed E-state index contributed by atoms with van der Waals surface area (Å²) in [5, 5.41) is 13.2. The molecule has 0 fully saturated rings. The Kier molecular flexibility index (Phi) is 7.18. The highest BCUT2D eigenvalue weighted by Gasteiger charge is 2.49. The van der Waals surface area contributed by atoms with E-state index < -0.39 is 41.2 Å². The van der Waals surface area contributed by atoms with Crippen molar-refractivity contribution < 1.29 is 22.7 Å². The molecule has 0 amide bonds. The summed E-state index contributed by atoms with van der Waals surface area (Å²) in [7, 11) is 0. The fourth-order valence-corrected chi connectivity index (χ4v) is 3.91. The first kappa shape index (κ1) is 25.8. The van der Waals surface area contributed by atoms with E-state index in [1.54, 1.807) is 6.92 Å². The van der Waals surface area contributed by atoms with Crippen molar-refractivity contribution in [2.24, 2.45) is 0 Å². The SMILES string of the molecule is C=C(CCF)n1cc2c(N[C@@H](C)c3cccc(C(F)(F)C(C)(C)O)c3F)ncnc2c(Br)c1=O. The second kappa shape index (κ2) is 9.46. The fourth-order valence-electron chi connectivity index (χ4n) is 3.41. The molecule has 2 N–H and O–H groups in total. The van der Waals surface area contributed by atoms with Crippen molar-refractivity contribution in [1.29, 1.82) is 0 Å². The Bertz CT molecular complexity index is 1300. The topological polar surface area (TPSA) is 80.0 Å². The maximum atomic E-state index is 15.2. The van der Waals surface area contributed by atoms with Crippen LogP contribution in [0.25, 0.3) is 16.6 Å². The van der Waals surface area contributed by atoms with Crippen LogP contribution in [0.2, 0.25) is 0 Å². The lowest BCUT2D eigenvalue weighted by molar-refractivity contribution is -0.170. The van der Waals surface area contributed by atoms with Gasteiger partial charge in [-0.25, -0.2) is 14.4 Å². The fraction of sp³-hybridized carbons (Fsp3) is 0.348. The Labute approximate surface area is 201 Å². The van der Waals surface area contributed by atoms with Gasteiger partial charge in [0.2, 0.25) is 0 Å². The lowest BCUT2D eigenvalue weighted by Crippen LogP contribution is -2.41. The van der Waals surface area contributed by atoms with E-state index in [2.05, 4.69) is 37.8 Å². The summed E-state index contributed by atoms with van der Waals surface area (Å²) in [4.78, 5) is 20.9. The van der Waals surface area contributed by atoms with E-state index in [0.717, 1.165) is 24.5 Å². The van der Waals surface area contributed by atoms with Gasteiger partial charge in [-0.15, -0.1) is 0 Å². The number of halogens is 5. The Morgan fingerprint density at radius 3 is 2.62 bits per heavy atom. The van der Waals surface area contributed by atoms with Crippen LogP contribution < -0.4 is 10.9 Å². The highest BCUT2D eigenvalue weighted by molar-refractivity contribution is 9.10. The molecular formula is C23H23BrF4N4O2. The number of rotatable bonds is 8. The third-order valence-corrected chi connectivity index (χ3v) is 6.15. The van der Waals surface area contributed by atoms with Crippen molar-refractivity contribution >= 4 is 38.3 Å². The normalized spacial score (nSPS) is 13.2. The number of hydrogen-bond acceptors (Lipinski definition) is 5. The van der Waals surface area contributed by atoms with Crippen molar-refractivity contribution in [3.63, 3.8) is 0 Å². The van der Waals surface area contributed by atoms with Gasteiger partial charge in [0.25, 0.3) is 5.56 Å². The minimum Gasteiger partial charge on any atom is -0.384 e. The average molecular weight is 543 g/mol. The molecule has 34 heavy (non-hydrogen) atoms. The Morgan fingerprint density at radius 1 is 1.32 bits per heavy atom. The second-order valence-electron chi connectivity index (χ2n) is 8.32. The molecule has 1 aromatic carbocycles. The third-order valence-electron chi connectivity index (χ3n) is 5.44. The van der Waals surface area contributed by atoms with Crippen LogP contribution in [0.4, 0.5) is 23.4 Å². The highest BCUT2D eigenvalue weighted by Crippen LogP contribution is 2.41. The summed E-state index contributed by atoms with van der Waals surface area (Å²) in [6, 6.07) is 2.70. The number of benzene rings is 1. The molecule has 2 heterocycles. The predicted molar refractivity (Wildman–Crippen MR) is 126 cm³/mol. The third kappa shape index (κ3) is 4.58. The molecule has 3 rings (SSSR count). The van der Waals surface area contributed by atoms with Crippen LogP contribution in [-0.4, -0.2) is 31.9 Å². The zero-order chi connectivity index (χ0) is 25.4. The second-order valence-corrected chi connectivity index (χ2v) is 9.11. The van der Waals surface area contributed by atoms with Gasteiger partial charge < -0.3 is 10.4 Å². The Morgan fingerprint density at radius 2 is 2.00 bits per heavy atom. The molecular weight excluding hydrogens is 520 g/mol.